The Morgan fingerprint density at radius 1 is 0.931 bits per heavy atom. The highest BCUT2D eigenvalue weighted by Crippen LogP contribution is 2.00. The Balaban J connectivity index is 4.75. The lowest BCUT2D eigenvalue weighted by Gasteiger charge is -2.22. The Labute approximate surface area is 173 Å². The first-order valence-electron chi connectivity index (χ1n) is 8.95. The smallest absolute Gasteiger partial charge is 0.326 e. The molecule has 0 saturated heterocycles. The van der Waals surface area contributed by atoms with Crippen molar-refractivity contribution in [1.29, 1.82) is 0 Å². The molecule has 0 fully saturated rings. The molecular weight excluding hydrogens is 406 g/mol. The van der Waals surface area contributed by atoms with Gasteiger partial charge in [-0.05, 0) is 26.3 Å². The second-order valence-electron chi connectivity index (χ2n) is 6.36. The van der Waals surface area contributed by atoms with Crippen molar-refractivity contribution in [1.82, 2.24) is 16.0 Å². The van der Waals surface area contributed by atoms with Gasteiger partial charge in [-0.3, -0.25) is 19.2 Å². The molecule has 0 aromatic heterocycles. The van der Waals surface area contributed by atoms with E-state index in [-0.39, 0.29) is 5.75 Å². The zero-order valence-corrected chi connectivity index (χ0v) is 17.0. The summed E-state index contributed by atoms with van der Waals surface area (Å²) in [7, 11) is 0. The molecule has 0 aromatic carbocycles. The Morgan fingerprint density at radius 3 is 2.00 bits per heavy atom. The van der Waals surface area contributed by atoms with E-state index in [0.717, 1.165) is 6.42 Å². The molecule has 0 aromatic rings. The van der Waals surface area contributed by atoms with Gasteiger partial charge in [-0.1, -0.05) is 6.42 Å². The average Bonchev–Trinajstić information content (AvgIpc) is 2.64. The zero-order valence-electron chi connectivity index (χ0n) is 16.1. The van der Waals surface area contributed by atoms with Gasteiger partial charge in [0, 0.05) is 5.75 Å². The first-order valence-corrected chi connectivity index (χ1v) is 9.58. The van der Waals surface area contributed by atoms with E-state index < -0.39 is 60.2 Å². The van der Waals surface area contributed by atoms with E-state index >= 15 is 0 Å². The number of nitrogens with one attached hydrogen (secondary N) is 3. The van der Waals surface area contributed by atoms with Crippen molar-refractivity contribution in [3.8, 4) is 0 Å². The molecule has 9 N–H and O–H groups in total. The van der Waals surface area contributed by atoms with Crippen LogP contribution in [0, 0.1) is 0 Å². The molecule has 0 bridgehead atoms. The summed E-state index contributed by atoms with van der Waals surface area (Å²) in [5.41, 5.74) is 11.1. The predicted octanol–water partition coefficient (Wildman–Crippen LogP) is -2.59. The summed E-state index contributed by atoms with van der Waals surface area (Å²) in [5.74, 6) is -5.30. The number of hydrogen-bond donors (Lipinski definition) is 8. The van der Waals surface area contributed by atoms with Crippen LogP contribution in [-0.4, -0.2) is 76.3 Å². The minimum absolute atomic E-state index is 0.184. The topological polar surface area (TPSA) is 214 Å². The first kappa shape index (κ1) is 26.6. The molecule has 13 heteroatoms. The van der Waals surface area contributed by atoms with Crippen LogP contribution in [0.2, 0.25) is 0 Å². The Morgan fingerprint density at radius 2 is 1.52 bits per heavy atom. The van der Waals surface area contributed by atoms with Gasteiger partial charge in [0.05, 0.1) is 12.5 Å². The summed E-state index contributed by atoms with van der Waals surface area (Å²) in [5, 5.41) is 24.4. The van der Waals surface area contributed by atoms with Crippen LogP contribution in [0.1, 0.15) is 32.6 Å². The maximum Gasteiger partial charge on any atom is 0.326 e. The number of aliphatic carboxylic acids is 2. The molecule has 12 nitrogen and oxygen atoms in total. The Kier molecular flexibility index (Phi) is 12.6. The molecule has 0 aliphatic rings. The fourth-order valence-electron chi connectivity index (χ4n) is 2.16. The molecule has 0 aliphatic heterocycles. The highest BCUT2D eigenvalue weighted by Gasteiger charge is 2.29. The molecule has 4 atom stereocenters. The molecule has 0 saturated carbocycles. The largest absolute Gasteiger partial charge is 0.481 e. The SMILES string of the molecule is CC(NC(=O)C(N)CCCCN)C(=O)NC(CS)C(=O)NC(CC(=O)O)C(=O)O. The number of hydrogen-bond acceptors (Lipinski definition) is 8. The number of nitrogens with two attached hydrogens (primary N) is 2. The van der Waals surface area contributed by atoms with Gasteiger partial charge in [0.1, 0.15) is 18.1 Å². The number of thiol groups is 1. The summed E-state index contributed by atoms with van der Waals surface area (Å²) in [6.07, 6.45) is 0.950. The number of carboxylic acid groups (broad SMARTS) is 2. The summed E-state index contributed by atoms with van der Waals surface area (Å²) in [6.45, 7) is 1.87. The van der Waals surface area contributed by atoms with Crippen LogP contribution in [0.3, 0.4) is 0 Å². The molecular formula is C16H29N5O7S. The molecule has 29 heavy (non-hydrogen) atoms. The fourth-order valence-corrected chi connectivity index (χ4v) is 2.42. The highest BCUT2D eigenvalue weighted by atomic mass is 32.1. The van der Waals surface area contributed by atoms with Crippen molar-refractivity contribution in [3.05, 3.63) is 0 Å². The number of carboxylic acids is 2. The summed E-state index contributed by atoms with van der Waals surface area (Å²) in [6, 6.07) is -4.73. The lowest BCUT2D eigenvalue weighted by atomic mass is 10.1. The van der Waals surface area contributed by atoms with Crippen LogP contribution in [0.5, 0.6) is 0 Å². The third kappa shape index (κ3) is 10.7. The molecule has 0 rings (SSSR count). The molecule has 166 valence electrons. The van der Waals surface area contributed by atoms with Crippen molar-refractivity contribution in [3.63, 3.8) is 0 Å². The van der Waals surface area contributed by atoms with E-state index in [1.54, 1.807) is 0 Å². The van der Waals surface area contributed by atoms with E-state index in [0.29, 0.717) is 19.4 Å². The Bertz CT molecular complexity index is 604. The van der Waals surface area contributed by atoms with Gasteiger partial charge < -0.3 is 37.6 Å². The minimum Gasteiger partial charge on any atom is -0.481 e. The highest BCUT2D eigenvalue weighted by molar-refractivity contribution is 7.80. The molecule has 4 unspecified atom stereocenters. The maximum atomic E-state index is 12.2. The molecule has 0 spiro atoms. The van der Waals surface area contributed by atoms with Gasteiger partial charge in [-0.15, -0.1) is 0 Å². The number of amides is 3. The Hall–Kier alpha value is -2.38. The van der Waals surface area contributed by atoms with Crippen molar-refractivity contribution < 1.29 is 34.2 Å². The molecule has 0 heterocycles. The number of unbranched alkanes of at least 4 members (excludes halogenated alkanes) is 1. The van der Waals surface area contributed by atoms with Gasteiger partial charge in [-0.2, -0.15) is 12.6 Å². The van der Waals surface area contributed by atoms with Gasteiger partial charge in [0.15, 0.2) is 0 Å². The van der Waals surface area contributed by atoms with E-state index in [1.165, 1.54) is 6.92 Å². The fraction of sp³-hybridized carbons (Fsp3) is 0.688. The first-order chi connectivity index (χ1) is 13.5. The van der Waals surface area contributed by atoms with Crippen LogP contribution in [0.15, 0.2) is 0 Å². The average molecular weight is 436 g/mol. The van der Waals surface area contributed by atoms with E-state index in [2.05, 4.69) is 23.3 Å². The summed E-state index contributed by atoms with van der Waals surface area (Å²) < 4.78 is 0. The zero-order chi connectivity index (χ0) is 22.6. The van der Waals surface area contributed by atoms with E-state index in [1.807, 2.05) is 5.32 Å². The van der Waals surface area contributed by atoms with Crippen molar-refractivity contribution in [2.75, 3.05) is 12.3 Å². The monoisotopic (exact) mass is 435 g/mol. The number of carbonyl (C=O) groups is 5. The second-order valence-corrected chi connectivity index (χ2v) is 6.73. The summed E-state index contributed by atoms with van der Waals surface area (Å²) >= 11 is 3.94. The molecule has 0 radical (unpaired) electrons. The molecule has 0 aliphatic carbocycles. The van der Waals surface area contributed by atoms with Gasteiger partial charge in [0.2, 0.25) is 17.7 Å². The standard InChI is InChI=1S/C16H29N5O7S/c1-8(19-14(25)9(18)4-2-3-5-17)13(24)21-11(7-29)15(26)20-10(16(27)28)6-12(22)23/h8-11,29H,2-7,17-18H2,1H3,(H,19,25)(H,20,26)(H,21,24)(H,22,23)(H,27,28). The van der Waals surface area contributed by atoms with Gasteiger partial charge in [-0.25, -0.2) is 4.79 Å². The normalized spacial score (nSPS) is 14.8. The van der Waals surface area contributed by atoms with Gasteiger partial charge >= 0.3 is 11.9 Å². The van der Waals surface area contributed by atoms with Gasteiger partial charge in [0.25, 0.3) is 0 Å². The second kappa shape index (κ2) is 13.7. The number of carbonyl (C=O) groups excluding carboxylic acids is 3. The quantitative estimate of drug-likeness (QED) is 0.106. The third-order valence-corrected chi connectivity index (χ3v) is 4.23. The van der Waals surface area contributed by atoms with Crippen LogP contribution in [0.4, 0.5) is 0 Å². The lowest BCUT2D eigenvalue weighted by molar-refractivity contribution is -0.147. The predicted molar refractivity (Wildman–Crippen MR) is 106 cm³/mol. The van der Waals surface area contributed by atoms with E-state index in [4.69, 9.17) is 21.7 Å². The minimum atomic E-state index is -1.66. The number of rotatable bonds is 14. The van der Waals surface area contributed by atoms with Crippen LogP contribution in [-0.2, 0) is 24.0 Å². The van der Waals surface area contributed by atoms with Crippen molar-refractivity contribution in [2.45, 2.75) is 56.8 Å². The third-order valence-electron chi connectivity index (χ3n) is 3.87. The van der Waals surface area contributed by atoms with Crippen molar-refractivity contribution >= 4 is 42.3 Å². The van der Waals surface area contributed by atoms with Crippen LogP contribution < -0.4 is 27.4 Å². The van der Waals surface area contributed by atoms with Crippen LogP contribution in [0.25, 0.3) is 0 Å². The lowest BCUT2D eigenvalue weighted by Crippen LogP contribution is -2.57. The summed E-state index contributed by atoms with van der Waals surface area (Å²) in [4.78, 5) is 58.1. The van der Waals surface area contributed by atoms with E-state index in [9.17, 15) is 24.0 Å². The molecule has 3 amide bonds. The van der Waals surface area contributed by atoms with Crippen molar-refractivity contribution in [2.24, 2.45) is 11.5 Å². The maximum absolute atomic E-state index is 12.2. The van der Waals surface area contributed by atoms with Crippen LogP contribution >= 0.6 is 12.6 Å².